The van der Waals surface area contributed by atoms with Crippen molar-refractivity contribution >= 4 is 11.6 Å². The van der Waals surface area contributed by atoms with Crippen LogP contribution in [0.5, 0.6) is 5.75 Å². The number of benzene rings is 1. The molecule has 0 bridgehead atoms. The number of amides is 1. The first-order chi connectivity index (χ1) is 12.6. The van der Waals surface area contributed by atoms with E-state index in [1.807, 2.05) is 29.2 Å². The molecule has 1 spiro atoms. The molecule has 0 radical (unpaired) electrons. The van der Waals surface area contributed by atoms with E-state index in [-0.39, 0.29) is 18.1 Å². The van der Waals surface area contributed by atoms with Gasteiger partial charge in [-0.05, 0) is 49.9 Å². The lowest BCUT2D eigenvalue weighted by Crippen LogP contribution is -2.56. The highest BCUT2D eigenvalue weighted by Gasteiger charge is 2.45. The Morgan fingerprint density at radius 1 is 1.38 bits per heavy atom. The van der Waals surface area contributed by atoms with E-state index in [4.69, 9.17) is 9.47 Å². The largest absolute Gasteiger partial charge is 0.494 e. The van der Waals surface area contributed by atoms with E-state index >= 15 is 0 Å². The molecule has 2 saturated heterocycles. The molecule has 2 atom stereocenters. The molecule has 144 valence electrons. The number of carbonyl (C=O) groups is 1. The highest BCUT2D eigenvalue weighted by molar-refractivity contribution is 5.92. The minimum absolute atomic E-state index is 0.0693. The average Bonchev–Trinajstić information content (AvgIpc) is 3.10. The van der Waals surface area contributed by atoms with E-state index in [0.717, 1.165) is 56.7 Å². The van der Waals surface area contributed by atoms with Crippen molar-refractivity contribution in [1.82, 2.24) is 4.90 Å². The molecule has 2 N–H and O–H groups in total. The molecule has 1 amide bonds. The van der Waals surface area contributed by atoms with Gasteiger partial charge in [-0.25, -0.2) is 0 Å². The van der Waals surface area contributed by atoms with Crippen LogP contribution in [0.4, 0.5) is 5.69 Å². The number of hydrogen-bond donors (Lipinski definition) is 2. The lowest BCUT2D eigenvalue weighted by atomic mass is 9.86. The SMILES string of the molecule is CCCCOc1ccc(NC(=O)CN2CC[C@@]3(CCCO3)[C@@H](O)C2)cc1. The number of anilines is 1. The summed E-state index contributed by atoms with van der Waals surface area (Å²) in [6.45, 7) is 5.11. The number of nitrogens with one attached hydrogen (secondary N) is 1. The Balaban J connectivity index is 1.44. The molecule has 3 rings (SSSR count). The highest BCUT2D eigenvalue weighted by atomic mass is 16.5. The van der Waals surface area contributed by atoms with Gasteiger partial charge >= 0.3 is 0 Å². The van der Waals surface area contributed by atoms with Gasteiger partial charge in [-0.3, -0.25) is 9.69 Å². The maximum Gasteiger partial charge on any atom is 0.238 e. The minimum atomic E-state index is -0.522. The summed E-state index contributed by atoms with van der Waals surface area (Å²) in [7, 11) is 0. The molecule has 1 aromatic carbocycles. The standard InChI is InChI=1S/C20H30N2O4/c1-2-3-12-25-17-7-5-16(6-8-17)21-19(24)15-22-11-10-20(18(23)14-22)9-4-13-26-20/h5-8,18,23H,2-4,9-15H2,1H3,(H,21,24)/t18-,20-/m0/s1. The average molecular weight is 362 g/mol. The quantitative estimate of drug-likeness (QED) is 0.729. The number of unbranched alkanes of at least 4 members (excludes halogenated alkanes) is 1. The van der Waals surface area contributed by atoms with Crippen molar-refractivity contribution in [2.75, 3.05) is 38.2 Å². The summed E-state index contributed by atoms with van der Waals surface area (Å²) >= 11 is 0. The Kier molecular flexibility index (Phi) is 6.51. The Bertz CT molecular complexity index is 584. The van der Waals surface area contributed by atoms with Crippen LogP contribution in [0.2, 0.25) is 0 Å². The van der Waals surface area contributed by atoms with E-state index in [9.17, 15) is 9.90 Å². The first kappa shape index (κ1) is 19.1. The van der Waals surface area contributed by atoms with Gasteiger partial charge in [-0.15, -0.1) is 0 Å². The molecular weight excluding hydrogens is 332 g/mol. The first-order valence-electron chi connectivity index (χ1n) is 9.68. The second-order valence-corrected chi connectivity index (χ2v) is 7.29. The summed E-state index contributed by atoms with van der Waals surface area (Å²) in [5.74, 6) is 0.748. The van der Waals surface area contributed by atoms with Crippen molar-refractivity contribution in [3.8, 4) is 5.75 Å². The van der Waals surface area contributed by atoms with Crippen LogP contribution in [0.15, 0.2) is 24.3 Å². The molecule has 0 saturated carbocycles. The van der Waals surface area contributed by atoms with Crippen molar-refractivity contribution in [1.29, 1.82) is 0 Å². The number of hydrogen-bond acceptors (Lipinski definition) is 5. The van der Waals surface area contributed by atoms with Crippen LogP contribution >= 0.6 is 0 Å². The van der Waals surface area contributed by atoms with Crippen molar-refractivity contribution in [2.45, 2.75) is 50.7 Å². The van der Waals surface area contributed by atoms with Crippen molar-refractivity contribution in [3.63, 3.8) is 0 Å². The number of likely N-dealkylation sites (tertiary alicyclic amines) is 1. The van der Waals surface area contributed by atoms with Crippen LogP contribution in [-0.2, 0) is 9.53 Å². The molecule has 0 aromatic heterocycles. The predicted molar refractivity (Wildman–Crippen MR) is 100 cm³/mol. The van der Waals surface area contributed by atoms with Gasteiger partial charge in [0.2, 0.25) is 5.91 Å². The summed E-state index contributed by atoms with van der Waals surface area (Å²) in [4.78, 5) is 14.3. The van der Waals surface area contributed by atoms with Crippen LogP contribution in [0, 0.1) is 0 Å². The van der Waals surface area contributed by atoms with Gasteiger partial charge in [0.25, 0.3) is 0 Å². The second-order valence-electron chi connectivity index (χ2n) is 7.29. The topological polar surface area (TPSA) is 71.0 Å². The van der Waals surface area contributed by atoms with Gasteiger partial charge in [0.1, 0.15) is 5.75 Å². The summed E-state index contributed by atoms with van der Waals surface area (Å²) in [5, 5.41) is 13.3. The van der Waals surface area contributed by atoms with Gasteiger partial charge in [0.05, 0.1) is 24.9 Å². The predicted octanol–water partition coefficient (Wildman–Crippen LogP) is 2.42. The van der Waals surface area contributed by atoms with Crippen LogP contribution < -0.4 is 10.1 Å². The smallest absolute Gasteiger partial charge is 0.238 e. The number of aliphatic hydroxyl groups is 1. The lowest BCUT2D eigenvalue weighted by molar-refractivity contribution is -0.135. The maximum atomic E-state index is 12.3. The number of rotatable bonds is 7. The van der Waals surface area contributed by atoms with Crippen LogP contribution in [0.3, 0.4) is 0 Å². The molecule has 2 heterocycles. The number of ether oxygens (including phenoxy) is 2. The number of piperidine rings is 1. The Morgan fingerprint density at radius 2 is 2.19 bits per heavy atom. The number of nitrogens with zero attached hydrogens (tertiary/aromatic N) is 1. The number of aliphatic hydroxyl groups excluding tert-OH is 1. The van der Waals surface area contributed by atoms with Crippen molar-refractivity contribution in [3.05, 3.63) is 24.3 Å². The molecule has 0 aliphatic carbocycles. The first-order valence-corrected chi connectivity index (χ1v) is 9.68. The molecule has 2 fully saturated rings. The summed E-state index contributed by atoms with van der Waals surface area (Å²) < 4.78 is 11.4. The van der Waals surface area contributed by atoms with E-state index < -0.39 is 6.10 Å². The zero-order chi connectivity index (χ0) is 18.4. The highest BCUT2D eigenvalue weighted by Crippen LogP contribution is 2.35. The van der Waals surface area contributed by atoms with Crippen molar-refractivity contribution in [2.24, 2.45) is 0 Å². The van der Waals surface area contributed by atoms with Gasteiger partial charge in [-0.1, -0.05) is 13.3 Å². The van der Waals surface area contributed by atoms with E-state index in [1.165, 1.54) is 0 Å². The monoisotopic (exact) mass is 362 g/mol. The molecule has 2 aliphatic heterocycles. The van der Waals surface area contributed by atoms with Gasteiger partial charge < -0.3 is 19.9 Å². The fraction of sp³-hybridized carbons (Fsp3) is 0.650. The van der Waals surface area contributed by atoms with Crippen molar-refractivity contribution < 1.29 is 19.4 Å². The zero-order valence-electron chi connectivity index (χ0n) is 15.6. The normalized spacial score (nSPS) is 26.2. The third-order valence-electron chi connectivity index (χ3n) is 5.30. The second kappa shape index (κ2) is 8.84. The third kappa shape index (κ3) is 4.75. The van der Waals surface area contributed by atoms with Crippen LogP contribution in [0.25, 0.3) is 0 Å². The lowest BCUT2D eigenvalue weighted by Gasteiger charge is -2.42. The molecule has 1 aromatic rings. The van der Waals surface area contributed by atoms with E-state index in [1.54, 1.807) is 0 Å². The molecule has 26 heavy (non-hydrogen) atoms. The van der Waals surface area contributed by atoms with Crippen LogP contribution in [0.1, 0.15) is 39.0 Å². The third-order valence-corrected chi connectivity index (χ3v) is 5.30. The Morgan fingerprint density at radius 3 is 2.85 bits per heavy atom. The fourth-order valence-electron chi connectivity index (χ4n) is 3.71. The van der Waals surface area contributed by atoms with Gasteiger partial charge in [-0.2, -0.15) is 0 Å². The van der Waals surface area contributed by atoms with Gasteiger partial charge in [0.15, 0.2) is 0 Å². The molecule has 0 unspecified atom stereocenters. The zero-order valence-corrected chi connectivity index (χ0v) is 15.6. The summed E-state index contributed by atoms with van der Waals surface area (Å²) in [6.07, 6.45) is 4.33. The fourth-order valence-corrected chi connectivity index (χ4v) is 3.71. The Hall–Kier alpha value is -1.63. The van der Waals surface area contributed by atoms with E-state index in [2.05, 4.69) is 12.2 Å². The summed E-state index contributed by atoms with van der Waals surface area (Å²) in [5.41, 5.74) is 0.381. The van der Waals surface area contributed by atoms with Gasteiger partial charge in [0, 0.05) is 25.4 Å². The molecule has 6 nitrogen and oxygen atoms in total. The molecular formula is C20H30N2O4. The molecule has 2 aliphatic rings. The van der Waals surface area contributed by atoms with E-state index in [0.29, 0.717) is 13.2 Å². The number of β-amino-alcohol motifs (C(OH)–C–C–N with tert-alkyl or cyclic N) is 1. The number of carbonyl (C=O) groups excluding carboxylic acids is 1. The molecule has 6 heteroatoms. The maximum absolute atomic E-state index is 12.3. The van der Waals surface area contributed by atoms with Crippen LogP contribution in [-0.4, -0.2) is 60.5 Å². The minimum Gasteiger partial charge on any atom is -0.494 e. The Labute approximate surface area is 155 Å². The summed E-state index contributed by atoms with van der Waals surface area (Å²) in [6, 6.07) is 7.45.